The highest BCUT2D eigenvalue weighted by molar-refractivity contribution is 5.44. The molecule has 0 radical (unpaired) electrons. The van der Waals surface area contributed by atoms with Crippen molar-refractivity contribution in [2.45, 2.75) is 32.4 Å². The maximum absolute atomic E-state index is 9.29. The highest BCUT2D eigenvalue weighted by atomic mass is 16.3. The number of aryl methyl sites for hydroxylation is 1. The lowest BCUT2D eigenvalue weighted by Crippen LogP contribution is -2.38. The van der Waals surface area contributed by atoms with Gasteiger partial charge in [0.15, 0.2) is 0 Å². The first kappa shape index (κ1) is 13.3. The Kier molecular flexibility index (Phi) is 4.19. The van der Waals surface area contributed by atoms with Gasteiger partial charge in [-0.1, -0.05) is 0 Å². The van der Waals surface area contributed by atoms with Crippen molar-refractivity contribution >= 4 is 5.82 Å². The van der Waals surface area contributed by atoms with Gasteiger partial charge in [-0.2, -0.15) is 0 Å². The van der Waals surface area contributed by atoms with Crippen LogP contribution >= 0.6 is 0 Å². The molecule has 0 aromatic carbocycles. The number of aliphatic hydroxyl groups excluding tert-OH is 1. The number of anilines is 1. The number of hydrogen-bond acceptors (Lipinski definition) is 4. The van der Waals surface area contributed by atoms with E-state index in [2.05, 4.69) is 28.9 Å². The first-order valence-corrected chi connectivity index (χ1v) is 6.60. The third-order valence-electron chi connectivity index (χ3n) is 3.43. The molecular weight excluding hydrogens is 226 g/mol. The Bertz CT molecular complexity index is 406. The lowest BCUT2D eigenvalue weighted by atomic mass is 10.2. The molecule has 100 valence electrons. The van der Waals surface area contributed by atoms with Gasteiger partial charge in [-0.3, -0.25) is 0 Å². The van der Waals surface area contributed by atoms with Crippen LogP contribution in [0.5, 0.6) is 0 Å². The van der Waals surface area contributed by atoms with Crippen LogP contribution in [-0.4, -0.2) is 48.2 Å². The molecule has 4 heteroatoms. The van der Waals surface area contributed by atoms with E-state index >= 15 is 0 Å². The molecule has 1 atom stereocenters. The molecule has 0 aliphatic carbocycles. The summed E-state index contributed by atoms with van der Waals surface area (Å²) in [7, 11) is 4.22. The number of rotatable bonds is 4. The molecule has 4 nitrogen and oxygen atoms in total. The molecule has 18 heavy (non-hydrogen) atoms. The van der Waals surface area contributed by atoms with E-state index in [1.54, 1.807) is 0 Å². The Balaban J connectivity index is 2.21. The minimum atomic E-state index is 0.0859. The van der Waals surface area contributed by atoms with Crippen molar-refractivity contribution in [3.05, 3.63) is 23.4 Å². The fourth-order valence-corrected chi connectivity index (χ4v) is 2.71. The molecule has 1 aliphatic rings. The minimum absolute atomic E-state index is 0.0859. The third-order valence-corrected chi connectivity index (χ3v) is 3.43. The highest BCUT2D eigenvalue weighted by Gasteiger charge is 2.26. The SMILES string of the molecule is Cc1cc(CO)cc(N2CCCC2CN(C)C)n1. The van der Waals surface area contributed by atoms with Gasteiger partial charge in [0.05, 0.1) is 6.61 Å². The monoisotopic (exact) mass is 249 g/mol. The number of hydrogen-bond donors (Lipinski definition) is 1. The molecule has 2 heterocycles. The number of nitrogens with zero attached hydrogens (tertiary/aromatic N) is 3. The zero-order valence-electron chi connectivity index (χ0n) is 11.6. The molecular formula is C14H23N3O. The summed E-state index contributed by atoms with van der Waals surface area (Å²) in [6.07, 6.45) is 2.45. The van der Waals surface area contributed by atoms with Gasteiger partial charge in [-0.25, -0.2) is 4.98 Å². The van der Waals surface area contributed by atoms with Gasteiger partial charge in [-0.05, 0) is 51.6 Å². The first-order chi connectivity index (χ1) is 8.60. The van der Waals surface area contributed by atoms with E-state index in [1.807, 2.05) is 19.1 Å². The highest BCUT2D eigenvalue weighted by Crippen LogP contribution is 2.25. The van der Waals surface area contributed by atoms with Crippen molar-refractivity contribution in [3.8, 4) is 0 Å². The molecule has 0 saturated carbocycles. The zero-order valence-corrected chi connectivity index (χ0v) is 11.6. The van der Waals surface area contributed by atoms with Crippen LogP contribution in [0.4, 0.5) is 5.82 Å². The van der Waals surface area contributed by atoms with E-state index in [1.165, 1.54) is 12.8 Å². The predicted molar refractivity (Wildman–Crippen MR) is 73.8 cm³/mol. The molecule has 0 amide bonds. The summed E-state index contributed by atoms with van der Waals surface area (Å²) in [5.41, 5.74) is 1.93. The summed E-state index contributed by atoms with van der Waals surface area (Å²) in [5.74, 6) is 1.02. The van der Waals surface area contributed by atoms with Gasteiger partial charge in [0.2, 0.25) is 0 Å². The summed E-state index contributed by atoms with van der Waals surface area (Å²) in [5, 5.41) is 9.29. The molecule has 1 unspecified atom stereocenters. The first-order valence-electron chi connectivity index (χ1n) is 6.60. The smallest absolute Gasteiger partial charge is 0.129 e. The van der Waals surface area contributed by atoms with Gasteiger partial charge in [0, 0.05) is 24.8 Å². The minimum Gasteiger partial charge on any atom is -0.392 e. The molecule has 1 aliphatic heterocycles. The molecule has 1 aromatic rings. The topological polar surface area (TPSA) is 39.6 Å². The molecule has 2 rings (SSSR count). The number of likely N-dealkylation sites (N-methyl/N-ethyl adjacent to an activating group) is 1. The van der Waals surface area contributed by atoms with Crippen LogP contribution in [0, 0.1) is 6.92 Å². The average molecular weight is 249 g/mol. The molecule has 0 spiro atoms. The molecule has 1 N–H and O–H groups in total. The Morgan fingerprint density at radius 2 is 2.22 bits per heavy atom. The van der Waals surface area contributed by atoms with E-state index in [9.17, 15) is 5.11 Å². The lowest BCUT2D eigenvalue weighted by Gasteiger charge is -2.28. The maximum atomic E-state index is 9.29. The van der Waals surface area contributed by atoms with Crippen LogP contribution in [0.3, 0.4) is 0 Å². The lowest BCUT2D eigenvalue weighted by molar-refractivity contribution is 0.281. The quantitative estimate of drug-likeness (QED) is 0.876. The van der Waals surface area contributed by atoms with Crippen LogP contribution in [0.25, 0.3) is 0 Å². The van der Waals surface area contributed by atoms with E-state index < -0.39 is 0 Å². The van der Waals surface area contributed by atoms with Crippen molar-refractivity contribution < 1.29 is 5.11 Å². The molecule has 1 fully saturated rings. The van der Waals surface area contributed by atoms with Crippen LogP contribution in [-0.2, 0) is 6.61 Å². The van der Waals surface area contributed by atoms with Crippen molar-refractivity contribution in [2.24, 2.45) is 0 Å². The molecule has 1 saturated heterocycles. The van der Waals surface area contributed by atoms with Gasteiger partial charge in [0.25, 0.3) is 0 Å². The number of aliphatic hydroxyl groups is 1. The van der Waals surface area contributed by atoms with Crippen molar-refractivity contribution in [1.82, 2.24) is 9.88 Å². The largest absolute Gasteiger partial charge is 0.392 e. The fraction of sp³-hybridized carbons (Fsp3) is 0.643. The van der Waals surface area contributed by atoms with Crippen LogP contribution in [0.2, 0.25) is 0 Å². The van der Waals surface area contributed by atoms with E-state index in [4.69, 9.17) is 0 Å². The van der Waals surface area contributed by atoms with Gasteiger partial charge < -0.3 is 14.9 Å². The second-order valence-electron chi connectivity index (χ2n) is 5.38. The summed E-state index contributed by atoms with van der Waals surface area (Å²) in [4.78, 5) is 9.23. The summed E-state index contributed by atoms with van der Waals surface area (Å²) in [6, 6.07) is 4.50. The average Bonchev–Trinajstić information content (AvgIpc) is 2.75. The fourth-order valence-electron chi connectivity index (χ4n) is 2.71. The Labute approximate surface area is 109 Å². The predicted octanol–water partition coefficient (Wildman–Crippen LogP) is 1.41. The molecule has 1 aromatic heterocycles. The van der Waals surface area contributed by atoms with Crippen molar-refractivity contribution in [1.29, 1.82) is 0 Å². The van der Waals surface area contributed by atoms with Crippen molar-refractivity contribution in [3.63, 3.8) is 0 Å². The Morgan fingerprint density at radius 1 is 1.44 bits per heavy atom. The summed E-state index contributed by atoms with van der Waals surface area (Å²) in [6.45, 7) is 4.20. The van der Waals surface area contributed by atoms with Gasteiger partial charge in [-0.15, -0.1) is 0 Å². The Hall–Kier alpha value is -1.13. The molecule has 0 bridgehead atoms. The Morgan fingerprint density at radius 3 is 2.89 bits per heavy atom. The summed E-state index contributed by atoms with van der Waals surface area (Å²) < 4.78 is 0. The summed E-state index contributed by atoms with van der Waals surface area (Å²) >= 11 is 0. The normalized spacial score (nSPS) is 19.8. The number of pyridine rings is 1. The van der Waals surface area contributed by atoms with Gasteiger partial charge >= 0.3 is 0 Å². The van der Waals surface area contributed by atoms with Crippen LogP contribution < -0.4 is 4.90 Å². The standard InChI is InChI=1S/C14H23N3O/c1-11-7-12(10-18)8-14(15-11)17-6-4-5-13(17)9-16(2)3/h7-8,13,18H,4-6,9-10H2,1-3H3. The van der Waals surface area contributed by atoms with Crippen LogP contribution in [0.1, 0.15) is 24.1 Å². The van der Waals surface area contributed by atoms with E-state index in [-0.39, 0.29) is 6.61 Å². The van der Waals surface area contributed by atoms with E-state index in [0.29, 0.717) is 6.04 Å². The second-order valence-corrected chi connectivity index (χ2v) is 5.38. The van der Waals surface area contributed by atoms with E-state index in [0.717, 1.165) is 30.2 Å². The maximum Gasteiger partial charge on any atom is 0.129 e. The van der Waals surface area contributed by atoms with Crippen molar-refractivity contribution in [2.75, 3.05) is 32.1 Å². The zero-order chi connectivity index (χ0) is 13.1. The third kappa shape index (κ3) is 3.00. The van der Waals surface area contributed by atoms with Gasteiger partial charge in [0.1, 0.15) is 5.82 Å². The van der Waals surface area contributed by atoms with Crippen LogP contribution in [0.15, 0.2) is 12.1 Å². The second kappa shape index (κ2) is 5.67. The number of aromatic nitrogens is 1.